The Kier molecular flexibility index (Phi) is 2.15. The van der Waals surface area contributed by atoms with Crippen LogP contribution in [-0.2, 0) is 0 Å². The summed E-state index contributed by atoms with van der Waals surface area (Å²) in [7, 11) is 0. The van der Waals surface area contributed by atoms with Gasteiger partial charge in [-0.25, -0.2) is 0 Å². The summed E-state index contributed by atoms with van der Waals surface area (Å²) in [6.07, 6.45) is 5.10. The van der Waals surface area contributed by atoms with Gasteiger partial charge in [0.1, 0.15) is 0 Å². The zero-order valence-corrected chi connectivity index (χ0v) is 6.72. The highest BCUT2D eigenvalue weighted by molar-refractivity contribution is 4.85. The average molecular weight is 125 g/mol. The van der Waals surface area contributed by atoms with Crippen LogP contribution in [0.25, 0.3) is 0 Å². The molecular formula is C9H17-. The predicted molar refractivity (Wildman–Crippen MR) is 41.0 cm³/mol. The molecule has 1 fully saturated rings. The number of rotatable bonds is 2. The summed E-state index contributed by atoms with van der Waals surface area (Å²) in [6, 6.07) is 0. The molecule has 0 heteroatoms. The van der Waals surface area contributed by atoms with E-state index in [4.69, 9.17) is 0 Å². The van der Waals surface area contributed by atoms with Gasteiger partial charge in [0.15, 0.2) is 0 Å². The molecule has 1 rings (SSSR count). The third-order valence-electron chi connectivity index (χ3n) is 2.85. The fourth-order valence-electron chi connectivity index (χ4n) is 1.79. The van der Waals surface area contributed by atoms with Gasteiger partial charge in [-0.2, -0.15) is 13.3 Å². The summed E-state index contributed by atoms with van der Waals surface area (Å²) in [5, 5.41) is 0. The largest absolute Gasteiger partial charge is 0.331 e. The van der Waals surface area contributed by atoms with Crippen LogP contribution in [0.5, 0.6) is 0 Å². The van der Waals surface area contributed by atoms with Crippen LogP contribution < -0.4 is 0 Å². The topological polar surface area (TPSA) is 0 Å². The molecule has 0 aromatic rings. The van der Waals surface area contributed by atoms with Crippen LogP contribution in [0.3, 0.4) is 0 Å². The van der Waals surface area contributed by atoms with Crippen LogP contribution in [0, 0.1) is 24.2 Å². The maximum atomic E-state index is 2.38. The van der Waals surface area contributed by atoms with Crippen LogP contribution in [0.4, 0.5) is 0 Å². The SMILES string of the molecule is C[CH-]CC1CC(C)C1C. The number of hydrogen-bond acceptors (Lipinski definition) is 0. The summed E-state index contributed by atoms with van der Waals surface area (Å²) in [4.78, 5) is 0. The Hall–Kier alpha value is 0. The van der Waals surface area contributed by atoms with Gasteiger partial charge in [0.05, 0.1) is 0 Å². The third kappa shape index (κ3) is 1.28. The van der Waals surface area contributed by atoms with Crippen molar-refractivity contribution >= 4 is 0 Å². The number of hydrogen-bond donors (Lipinski definition) is 0. The molecule has 0 heterocycles. The van der Waals surface area contributed by atoms with E-state index in [0.717, 1.165) is 17.8 Å². The lowest BCUT2D eigenvalue weighted by molar-refractivity contribution is 0.103. The standard InChI is InChI=1S/C9H17/c1-4-5-9-6-7(2)8(9)3/h4,7-9H,5-6H2,1-3H3/q-1. The van der Waals surface area contributed by atoms with Gasteiger partial charge >= 0.3 is 0 Å². The maximum absolute atomic E-state index is 2.38. The van der Waals surface area contributed by atoms with E-state index in [9.17, 15) is 0 Å². The van der Waals surface area contributed by atoms with E-state index in [1.165, 1.54) is 12.8 Å². The van der Waals surface area contributed by atoms with Gasteiger partial charge in [-0.3, -0.25) is 0 Å². The minimum absolute atomic E-state index is 0.987. The molecule has 3 unspecified atom stereocenters. The van der Waals surface area contributed by atoms with Gasteiger partial charge in [-0.05, 0) is 18.3 Å². The second-order valence-electron chi connectivity index (χ2n) is 3.48. The highest BCUT2D eigenvalue weighted by atomic mass is 14.4. The molecule has 0 saturated heterocycles. The van der Waals surface area contributed by atoms with Gasteiger partial charge < -0.3 is 6.42 Å². The third-order valence-corrected chi connectivity index (χ3v) is 2.85. The molecular weight excluding hydrogens is 108 g/mol. The first kappa shape index (κ1) is 7.11. The molecule has 3 atom stereocenters. The average Bonchev–Trinajstić information content (AvgIpc) is 1.88. The highest BCUT2D eigenvalue weighted by Crippen LogP contribution is 2.41. The summed E-state index contributed by atoms with van der Waals surface area (Å²) < 4.78 is 0. The summed E-state index contributed by atoms with van der Waals surface area (Å²) in [5.74, 6) is 3.00. The molecule has 0 radical (unpaired) electrons. The molecule has 9 heavy (non-hydrogen) atoms. The van der Waals surface area contributed by atoms with Gasteiger partial charge in [-0.1, -0.05) is 19.8 Å². The van der Waals surface area contributed by atoms with Crippen molar-refractivity contribution in [3.05, 3.63) is 6.42 Å². The second kappa shape index (κ2) is 2.72. The zero-order valence-electron chi connectivity index (χ0n) is 6.72. The Bertz CT molecular complexity index is 84.0. The van der Waals surface area contributed by atoms with Crippen LogP contribution in [0.15, 0.2) is 0 Å². The molecule has 0 nitrogen and oxygen atoms in total. The van der Waals surface area contributed by atoms with Crippen molar-refractivity contribution in [1.29, 1.82) is 0 Å². The zero-order chi connectivity index (χ0) is 6.85. The van der Waals surface area contributed by atoms with E-state index in [1.807, 2.05) is 0 Å². The molecule has 0 N–H and O–H groups in total. The van der Waals surface area contributed by atoms with Crippen molar-refractivity contribution < 1.29 is 0 Å². The van der Waals surface area contributed by atoms with Crippen molar-refractivity contribution in [1.82, 2.24) is 0 Å². The van der Waals surface area contributed by atoms with Gasteiger partial charge in [-0.15, -0.1) is 0 Å². The maximum Gasteiger partial charge on any atom is -0.0413 e. The van der Waals surface area contributed by atoms with Gasteiger partial charge in [0.25, 0.3) is 0 Å². The second-order valence-corrected chi connectivity index (χ2v) is 3.48. The van der Waals surface area contributed by atoms with E-state index in [0.29, 0.717) is 0 Å². The Balaban J connectivity index is 2.17. The molecule has 0 aromatic carbocycles. The molecule has 0 spiro atoms. The first-order valence-corrected chi connectivity index (χ1v) is 4.03. The van der Waals surface area contributed by atoms with Gasteiger partial charge in [0.2, 0.25) is 0 Å². The van der Waals surface area contributed by atoms with Crippen molar-refractivity contribution in [2.24, 2.45) is 17.8 Å². The lowest BCUT2D eigenvalue weighted by Gasteiger charge is -2.43. The van der Waals surface area contributed by atoms with Crippen molar-refractivity contribution in [3.63, 3.8) is 0 Å². The Labute approximate surface area is 58.7 Å². The molecule has 1 saturated carbocycles. The Morgan fingerprint density at radius 3 is 2.44 bits per heavy atom. The summed E-state index contributed by atoms with van der Waals surface area (Å²) in [6.45, 7) is 6.90. The lowest BCUT2D eigenvalue weighted by atomic mass is 9.65. The van der Waals surface area contributed by atoms with Crippen LogP contribution in [0.1, 0.15) is 33.6 Å². The molecule has 0 amide bonds. The van der Waals surface area contributed by atoms with Crippen molar-refractivity contribution in [3.8, 4) is 0 Å². The minimum Gasteiger partial charge on any atom is -0.331 e. The predicted octanol–water partition coefficient (Wildman–Crippen LogP) is 2.89. The quantitative estimate of drug-likeness (QED) is 0.498. The normalized spacial score (nSPS) is 42.3. The first-order valence-electron chi connectivity index (χ1n) is 4.03. The fourth-order valence-corrected chi connectivity index (χ4v) is 1.79. The van der Waals surface area contributed by atoms with E-state index in [1.54, 1.807) is 0 Å². The van der Waals surface area contributed by atoms with E-state index in [-0.39, 0.29) is 0 Å². The van der Waals surface area contributed by atoms with E-state index < -0.39 is 0 Å². The van der Waals surface area contributed by atoms with Crippen LogP contribution in [0.2, 0.25) is 0 Å². The molecule has 1 aliphatic rings. The van der Waals surface area contributed by atoms with Crippen LogP contribution >= 0.6 is 0 Å². The Morgan fingerprint density at radius 1 is 1.44 bits per heavy atom. The van der Waals surface area contributed by atoms with E-state index in [2.05, 4.69) is 27.2 Å². The highest BCUT2D eigenvalue weighted by Gasteiger charge is 2.30. The summed E-state index contributed by atoms with van der Waals surface area (Å²) >= 11 is 0. The van der Waals surface area contributed by atoms with Crippen LogP contribution in [-0.4, -0.2) is 0 Å². The van der Waals surface area contributed by atoms with Crippen molar-refractivity contribution in [2.75, 3.05) is 0 Å². The Morgan fingerprint density at radius 2 is 2.11 bits per heavy atom. The molecule has 0 bridgehead atoms. The van der Waals surface area contributed by atoms with Gasteiger partial charge in [0, 0.05) is 0 Å². The molecule has 1 aliphatic carbocycles. The van der Waals surface area contributed by atoms with Crippen molar-refractivity contribution in [2.45, 2.75) is 33.6 Å². The summed E-state index contributed by atoms with van der Waals surface area (Å²) in [5.41, 5.74) is 0. The smallest absolute Gasteiger partial charge is 0.0413 e. The molecule has 54 valence electrons. The first-order chi connectivity index (χ1) is 4.25. The minimum atomic E-state index is 0.987. The fraction of sp³-hybridized carbons (Fsp3) is 0.889. The lowest BCUT2D eigenvalue weighted by Crippen LogP contribution is -2.32. The monoisotopic (exact) mass is 125 g/mol. The van der Waals surface area contributed by atoms with E-state index >= 15 is 0 Å². The molecule has 0 aliphatic heterocycles. The molecule has 0 aromatic heterocycles.